The summed E-state index contributed by atoms with van der Waals surface area (Å²) in [5.74, 6) is -0.131. The average Bonchev–Trinajstić information content (AvgIpc) is 2.87. The molecule has 5 nitrogen and oxygen atoms in total. The van der Waals surface area contributed by atoms with Crippen LogP contribution < -0.4 is 10.9 Å². The monoisotopic (exact) mass is 381 g/mol. The number of rotatable bonds is 3. The molecular weight excluding hydrogens is 373 g/mol. The van der Waals surface area contributed by atoms with E-state index in [9.17, 15) is 9.59 Å². The predicted octanol–water partition coefficient (Wildman–Crippen LogP) is 4.38. The Morgan fingerprint density at radius 1 is 1.00 bits per heavy atom. The second-order valence-corrected chi connectivity index (χ2v) is 6.13. The first kappa shape index (κ1) is 16.6. The van der Waals surface area contributed by atoms with Crippen LogP contribution in [0.5, 0.6) is 0 Å². The zero-order valence-electron chi connectivity index (χ0n) is 12.0. The Morgan fingerprint density at radius 2 is 1.62 bits per heavy atom. The van der Waals surface area contributed by atoms with Crippen molar-refractivity contribution in [1.82, 2.24) is 9.78 Å². The van der Waals surface area contributed by atoms with E-state index in [1.54, 1.807) is 30.3 Å². The molecule has 0 saturated carbocycles. The number of benzene rings is 2. The number of carbonyl (C=O) groups is 1. The van der Waals surface area contributed by atoms with E-state index in [1.807, 2.05) is 0 Å². The Hall–Kier alpha value is -2.21. The van der Waals surface area contributed by atoms with Gasteiger partial charge in [-0.3, -0.25) is 14.7 Å². The minimum absolute atomic E-state index is 0.206. The highest BCUT2D eigenvalue weighted by molar-refractivity contribution is 6.40. The van der Waals surface area contributed by atoms with Crippen molar-refractivity contribution in [2.24, 2.45) is 0 Å². The number of anilines is 1. The van der Waals surface area contributed by atoms with Crippen LogP contribution >= 0.6 is 34.8 Å². The first-order valence-corrected chi connectivity index (χ1v) is 7.92. The summed E-state index contributed by atoms with van der Waals surface area (Å²) in [5, 5.41) is 6.14. The van der Waals surface area contributed by atoms with Gasteiger partial charge in [0.05, 0.1) is 10.0 Å². The maximum absolute atomic E-state index is 12.2. The molecule has 0 fully saturated rings. The van der Waals surface area contributed by atoms with Crippen LogP contribution in [0.15, 0.2) is 53.3 Å². The third-order valence-electron chi connectivity index (χ3n) is 3.21. The Labute approximate surface area is 151 Å². The Kier molecular flexibility index (Phi) is 4.66. The molecule has 0 atom stereocenters. The largest absolute Gasteiger partial charge is 0.307 e. The van der Waals surface area contributed by atoms with Crippen molar-refractivity contribution < 1.29 is 4.79 Å². The van der Waals surface area contributed by atoms with Crippen molar-refractivity contribution in [2.75, 3.05) is 5.32 Å². The summed E-state index contributed by atoms with van der Waals surface area (Å²) >= 11 is 18.1. The highest BCUT2D eigenvalue weighted by Gasteiger charge is 2.15. The van der Waals surface area contributed by atoms with E-state index in [2.05, 4.69) is 10.4 Å². The van der Waals surface area contributed by atoms with Crippen molar-refractivity contribution in [3.05, 3.63) is 79.5 Å². The number of hydrogen-bond donors (Lipinski definition) is 2. The van der Waals surface area contributed by atoms with Crippen LogP contribution in [0.2, 0.25) is 15.1 Å². The first-order chi connectivity index (χ1) is 11.5. The highest BCUT2D eigenvalue weighted by Crippen LogP contribution is 2.31. The minimum Gasteiger partial charge on any atom is -0.307 e. The first-order valence-electron chi connectivity index (χ1n) is 6.79. The van der Waals surface area contributed by atoms with Gasteiger partial charge in [-0.1, -0.05) is 53.0 Å². The second-order valence-electron chi connectivity index (χ2n) is 4.88. The summed E-state index contributed by atoms with van der Waals surface area (Å²) in [5.41, 5.74) is 0.297. The molecule has 0 saturated heterocycles. The molecule has 0 radical (unpaired) electrons. The molecule has 0 aliphatic heterocycles. The third-order valence-corrected chi connectivity index (χ3v) is 4.00. The van der Waals surface area contributed by atoms with Gasteiger partial charge in [-0.15, -0.1) is 0 Å². The number of aromatic nitrogens is 2. The number of H-pyrrole nitrogens is 1. The fourth-order valence-corrected chi connectivity index (χ4v) is 3.14. The molecule has 2 N–H and O–H groups in total. The fourth-order valence-electron chi connectivity index (χ4n) is 2.16. The van der Waals surface area contributed by atoms with Crippen LogP contribution in [0.3, 0.4) is 0 Å². The quantitative estimate of drug-likeness (QED) is 0.706. The molecule has 0 aliphatic rings. The summed E-state index contributed by atoms with van der Waals surface area (Å²) < 4.78 is 1.14. The van der Waals surface area contributed by atoms with Gasteiger partial charge in [-0.2, -0.15) is 0 Å². The number of amides is 1. The molecule has 1 amide bonds. The molecule has 0 bridgehead atoms. The zero-order chi connectivity index (χ0) is 17.3. The van der Waals surface area contributed by atoms with E-state index in [0.29, 0.717) is 10.6 Å². The minimum atomic E-state index is -0.426. The lowest BCUT2D eigenvalue weighted by Crippen LogP contribution is -2.14. The Bertz CT molecular complexity index is 941. The number of aromatic amines is 1. The number of halogens is 3. The van der Waals surface area contributed by atoms with Crippen LogP contribution in [0.1, 0.15) is 10.4 Å². The van der Waals surface area contributed by atoms with Gasteiger partial charge in [-0.05, 0) is 24.3 Å². The molecular formula is C16H10Cl3N3O2. The van der Waals surface area contributed by atoms with Gasteiger partial charge >= 0.3 is 0 Å². The normalized spacial score (nSPS) is 10.6. The summed E-state index contributed by atoms with van der Waals surface area (Å²) in [7, 11) is 0. The fraction of sp³-hybridized carbons (Fsp3) is 0. The average molecular weight is 383 g/mol. The van der Waals surface area contributed by atoms with Crippen LogP contribution in [-0.4, -0.2) is 15.7 Å². The topological polar surface area (TPSA) is 66.9 Å². The van der Waals surface area contributed by atoms with E-state index in [4.69, 9.17) is 34.8 Å². The van der Waals surface area contributed by atoms with Gasteiger partial charge in [0.2, 0.25) is 0 Å². The molecule has 0 spiro atoms. The SMILES string of the molecule is O=C(Nc1cc(=O)n(-c2c(Cl)cc(Cl)cc2Cl)[nH]1)c1ccccc1. The number of carbonyl (C=O) groups excluding carboxylic acids is 1. The van der Waals surface area contributed by atoms with Crippen molar-refractivity contribution in [2.45, 2.75) is 0 Å². The van der Waals surface area contributed by atoms with E-state index in [-0.39, 0.29) is 27.5 Å². The summed E-state index contributed by atoms with van der Waals surface area (Å²) in [6, 6.07) is 12.8. The van der Waals surface area contributed by atoms with E-state index >= 15 is 0 Å². The molecule has 3 aromatic rings. The van der Waals surface area contributed by atoms with Gasteiger partial charge in [0, 0.05) is 16.7 Å². The maximum atomic E-state index is 12.2. The molecule has 0 unspecified atom stereocenters. The van der Waals surface area contributed by atoms with Crippen molar-refractivity contribution in [3.63, 3.8) is 0 Å². The van der Waals surface area contributed by atoms with E-state index in [0.717, 1.165) is 4.68 Å². The van der Waals surface area contributed by atoms with Crippen LogP contribution in [0.4, 0.5) is 5.82 Å². The molecule has 1 heterocycles. The molecule has 8 heteroatoms. The van der Waals surface area contributed by atoms with Gasteiger partial charge in [0.15, 0.2) is 0 Å². The molecule has 3 rings (SSSR count). The standard InChI is InChI=1S/C16H10Cl3N3O2/c17-10-6-11(18)15(12(19)7-10)22-14(23)8-13(21-22)20-16(24)9-4-2-1-3-5-9/h1-8,21H,(H,20,24). The number of nitrogens with zero attached hydrogens (tertiary/aromatic N) is 1. The molecule has 1 aromatic heterocycles. The van der Waals surface area contributed by atoms with Gasteiger partial charge in [0.1, 0.15) is 11.5 Å². The van der Waals surface area contributed by atoms with E-state index < -0.39 is 5.56 Å². The summed E-state index contributed by atoms with van der Waals surface area (Å²) in [6.45, 7) is 0. The van der Waals surface area contributed by atoms with Crippen LogP contribution in [0, 0.1) is 0 Å². The predicted molar refractivity (Wildman–Crippen MR) is 95.8 cm³/mol. The summed E-state index contributed by atoms with van der Waals surface area (Å²) in [4.78, 5) is 24.3. The Morgan fingerprint density at radius 3 is 2.25 bits per heavy atom. The van der Waals surface area contributed by atoms with Gasteiger partial charge < -0.3 is 5.32 Å². The molecule has 122 valence electrons. The summed E-state index contributed by atoms with van der Waals surface area (Å²) in [6.07, 6.45) is 0. The zero-order valence-corrected chi connectivity index (χ0v) is 14.3. The van der Waals surface area contributed by atoms with Crippen molar-refractivity contribution >= 4 is 46.5 Å². The molecule has 2 aromatic carbocycles. The Balaban J connectivity index is 1.95. The lowest BCUT2D eigenvalue weighted by molar-refractivity contribution is 0.102. The van der Waals surface area contributed by atoms with E-state index in [1.165, 1.54) is 18.2 Å². The highest BCUT2D eigenvalue weighted by atomic mass is 35.5. The van der Waals surface area contributed by atoms with Crippen LogP contribution in [-0.2, 0) is 0 Å². The van der Waals surface area contributed by atoms with Crippen molar-refractivity contribution in [1.29, 1.82) is 0 Å². The lowest BCUT2D eigenvalue weighted by Gasteiger charge is -2.08. The lowest BCUT2D eigenvalue weighted by atomic mass is 10.2. The van der Waals surface area contributed by atoms with Gasteiger partial charge in [-0.25, -0.2) is 4.68 Å². The third kappa shape index (κ3) is 3.33. The number of hydrogen-bond acceptors (Lipinski definition) is 2. The van der Waals surface area contributed by atoms with Crippen LogP contribution in [0.25, 0.3) is 5.69 Å². The maximum Gasteiger partial charge on any atom is 0.273 e. The smallest absolute Gasteiger partial charge is 0.273 e. The molecule has 24 heavy (non-hydrogen) atoms. The molecule has 0 aliphatic carbocycles. The van der Waals surface area contributed by atoms with Crippen molar-refractivity contribution in [3.8, 4) is 5.69 Å². The second kappa shape index (κ2) is 6.73. The number of nitrogens with one attached hydrogen (secondary N) is 2. The van der Waals surface area contributed by atoms with Gasteiger partial charge in [0.25, 0.3) is 11.5 Å².